The molecule has 23 heavy (non-hydrogen) atoms. The summed E-state index contributed by atoms with van der Waals surface area (Å²) >= 11 is 0. The summed E-state index contributed by atoms with van der Waals surface area (Å²) in [6.07, 6.45) is 2.94. The van der Waals surface area contributed by atoms with E-state index in [1.165, 1.54) is 19.4 Å². The minimum atomic E-state index is -0.457. The summed E-state index contributed by atoms with van der Waals surface area (Å²) in [6, 6.07) is 0.586. The molecule has 0 aromatic rings. The maximum absolute atomic E-state index is 11.5. The zero-order valence-corrected chi connectivity index (χ0v) is 15.2. The zero-order chi connectivity index (χ0) is 17.3. The molecule has 0 aromatic carbocycles. The first-order valence-electron chi connectivity index (χ1n) is 8.43. The molecule has 1 amide bonds. The van der Waals surface area contributed by atoms with E-state index >= 15 is 0 Å². The van der Waals surface area contributed by atoms with E-state index in [1.54, 1.807) is 7.05 Å². The monoisotopic (exact) mass is 327 g/mol. The summed E-state index contributed by atoms with van der Waals surface area (Å²) in [4.78, 5) is 18.1. The number of rotatable bonds is 6. The minimum Gasteiger partial charge on any atom is -0.444 e. The maximum atomic E-state index is 11.5. The molecule has 0 spiro atoms. The molecule has 0 radical (unpaired) electrons. The normalized spacial score (nSPS) is 19.5. The summed E-state index contributed by atoms with van der Waals surface area (Å²) in [7, 11) is 3.94. The van der Waals surface area contributed by atoms with E-state index in [4.69, 9.17) is 4.74 Å². The van der Waals surface area contributed by atoms with Crippen molar-refractivity contribution in [3.05, 3.63) is 0 Å². The summed E-state index contributed by atoms with van der Waals surface area (Å²) in [5.41, 5.74) is -0.457. The number of nitrogens with zero attached hydrogens (tertiary/aromatic N) is 2. The molecule has 0 aliphatic carbocycles. The van der Waals surface area contributed by atoms with Crippen LogP contribution >= 0.6 is 0 Å². The second-order valence-electron chi connectivity index (χ2n) is 6.94. The molecule has 3 N–H and O–H groups in total. The molecule has 1 unspecified atom stereocenters. The van der Waals surface area contributed by atoms with E-state index in [9.17, 15) is 4.79 Å². The number of carbonyl (C=O) groups is 1. The first-order chi connectivity index (χ1) is 10.8. The number of ether oxygens (including phenoxy) is 1. The Balaban J connectivity index is 2.10. The largest absolute Gasteiger partial charge is 0.444 e. The first-order valence-corrected chi connectivity index (χ1v) is 8.43. The van der Waals surface area contributed by atoms with Gasteiger partial charge in [-0.3, -0.25) is 4.99 Å². The topological polar surface area (TPSA) is 78.0 Å². The van der Waals surface area contributed by atoms with Crippen molar-refractivity contribution in [3.8, 4) is 0 Å². The minimum absolute atomic E-state index is 0.371. The number of hydrogen-bond donors (Lipinski definition) is 3. The summed E-state index contributed by atoms with van der Waals surface area (Å²) in [6.45, 7) is 8.96. The van der Waals surface area contributed by atoms with Crippen molar-refractivity contribution in [1.82, 2.24) is 20.9 Å². The Kier molecular flexibility index (Phi) is 8.16. The SMILES string of the molecule is CN=C(NCCCNC(=O)OC(C)(C)C)NCC1CCCN1C. The van der Waals surface area contributed by atoms with Crippen molar-refractivity contribution in [2.45, 2.75) is 51.7 Å². The highest BCUT2D eigenvalue weighted by molar-refractivity contribution is 5.79. The van der Waals surface area contributed by atoms with Crippen molar-refractivity contribution in [2.24, 2.45) is 4.99 Å². The number of guanidine groups is 1. The van der Waals surface area contributed by atoms with Gasteiger partial charge in [-0.15, -0.1) is 0 Å². The van der Waals surface area contributed by atoms with E-state index in [2.05, 4.69) is 32.9 Å². The zero-order valence-electron chi connectivity index (χ0n) is 15.2. The standard InChI is InChI=1S/C16H33N5O2/c1-16(2,3)23-15(22)19-10-7-9-18-14(17-4)20-12-13-8-6-11-21(13)5/h13H,6-12H2,1-5H3,(H,19,22)(H2,17,18,20). The molecule has 7 heteroatoms. The molecular weight excluding hydrogens is 294 g/mol. The molecule has 1 fully saturated rings. The molecule has 0 saturated carbocycles. The van der Waals surface area contributed by atoms with Crippen molar-refractivity contribution in [1.29, 1.82) is 0 Å². The number of amides is 1. The summed E-state index contributed by atoms with van der Waals surface area (Å²) in [5, 5.41) is 9.36. The number of likely N-dealkylation sites (tertiary alicyclic amines) is 1. The molecular formula is C16H33N5O2. The van der Waals surface area contributed by atoms with Gasteiger partial charge in [0.1, 0.15) is 5.60 Å². The number of alkyl carbamates (subject to hydrolysis) is 1. The van der Waals surface area contributed by atoms with Gasteiger partial charge in [0.05, 0.1) is 0 Å². The molecule has 0 bridgehead atoms. The van der Waals surface area contributed by atoms with Gasteiger partial charge in [0.25, 0.3) is 0 Å². The van der Waals surface area contributed by atoms with Gasteiger partial charge in [0.15, 0.2) is 5.96 Å². The van der Waals surface area contributed by atoms with E-state index in [-0.39, 0.29) is 6.09 Å². The van der Waals surface area contributed by atoms with Gasteiger partial charge in [0, 0.05) is 32.7 Å². The van der Waals surface area contributed by atoms with Gasteiger partial charge in [-0.25, -0.2) is 4.79 Å². The predicted molar refractivity (Wildman–Crippen MR) is 93.9 cm³/mol. The van der Waals surface area contributed by atoms with E-state index in [0.29, 0.717) is 12.6 Å². The third-order valence-corrected chi connectivity index (χ3v) is 3.71. The third-order valence-electron chi connectivity index (χ3n) is 3.71. The predicted octanol–water partition coefficient (Wildman–Crippen LogP) is 1.16. The highest BCUT2D eigenvalue weighted by Crippen LogP contribution is 2.13. The van der Waals surface area contributed by atoms with Gasteiger partial charge in [-0.05, 0) is 53.6 Å². The molecule has 1 aliphatic heterocycles. The van der Waals surface area contributed by atoms with Crippen LogP contribution in [0.5, 0.6) is 0 Å². The number of carbonyl (C=O) groups excluding carboxylic acids is 1. The highest BCUT2D eigenvalue weighted by Gasteiger charge is 2.20. The molecule has 134 valence electrons. The van der Waals surface area contributed by atoms with Crippen LogP contribution in [0.15, 0.2) is 4.99 Å². The number of hydrogen-bond acceptors (Lipinski definition) is 4. The fourth-order valence-corrected chi connectivity index (χ4v) is 2.47. The highest BCUT2D eigenvalue weighted by atomic mass is 16.6. The molecule has 1 aliphatic rings. The summed E-state index contributed by atoms with van der Waals surface area (Å²) < 4.78 is 5.18. The van der Waals surface area contributed by atoms with E-state index < -0.39 is 5.60 Å². The van der Waals surface area contributed by atoms with Crippen LogP contribution in [-0.4, -0.2) is 68.9 Å². The lowest BCUT2D eigenvalue weighted by atomic mass is 10.2. The number of aliphatic imine (C=N–C) groups is 1. The first kappa shape index (κ1) is 19.5. The van der Waals surface area contributed by atoms with Gasteiger partial charge in [0.2, 0.25) is 0 Å². The molecule has 1 atom stereocenters. The quantitative estimate of drug-likeness (QED) is 0.388. The van der Waals surface area contributed by atoms with Crippen molar-refractivity contribution in [2.75, 3.05) is 40.3 Å². The number of likely N-dealkylation sites (N-methyl/N-ethyl adjacent to an activating group) is 1. The van der Waals surface area contributed by atoms with Crippen molar-refractivity contribution in [3.63, 3.8) is 0 Å². The van der Waals surface area contributed by atoms with Crippen LogP contribution in [-0.2, 0) is 4.74 Å². The Morgan fingerprint density at radius 2 is 1.96 bits per heavy atom. The molecule has 1 saturated heterocycles. The lowest BCUT2D eigenvalue weighted by Gasteiger charge is -2.21. The Bertz CT molecular complexity index is 392. The van der Waals surface area contributed by atoms with Crippen molar-refractivity contribution >= 4 is 12.1 Å². The van der Waals surface area contributed by atoms with Crippen LogP contribution in [0.25, 0.3) is 0 Å². The van der Waals surface area contributed by atoms with Crippen molar-refractivity contribution < 1.29 is 9.53 Å². The van der Waals surface area contributed by atoms with Crippen LogP contribution in [0, 0.1) is 0 Å². The van der Waals surface area contributed by atoms with Gasteiger partial charge in [-0.2, -0.15) is 0 Å². The Hall–Kier alpha value is -1.50. The summed E-state index contributed by atoms with van der Waals surface area (Å²) in [5.74, 6) is 0.808. The molecule has 7 nitrogen and oxygen atoms in total. The fraction of sp³-hybridized carbons (Fsp3) is 0.875. The van der Waals surface area contributed by atoms with Crippen LogP contribution in [0.2, 0.25) is 0 Å². The Labute approximate surface area is 140 Å². The van der Waals surface area contributed by atoms with Gasteiger partial charge in [-0.1, -0.05) is 0 Å². The maximum Gasteiger partial charge on any atom is 0.407 e. The third kappa shape index (κ3) is 8.64. The van der Waals surface area contributed by atoms with Crippen LogP contribution in [0.3, 0.4) is 0 Å². The lowest BCUT2D eigenvalue weighted by molar-refractivity contribution is 0.0527. The van der Waals surface area contributed by atoms with E-state index in [1.807, 2.05) is 20.8 Å². The Morgan fingerprint density at radius 3 is 2.52 bits per heavy atom. The lowest BCUT2D eigenvalue weighted by Crippen LogP contribution is -2.44. The molecule has 1 heterocycles. The average molecular weight is 327 g/mol. The number of nitrogens with one attached hydrogen (secondary N) is 3. The van der Waals surface area contributed by atoms with Crippen LogP contribution in [0.4, 0.5) is 4.79 Å². The molecule has 0 aromatic heterocycles. The second kappa shape index (κ2) is 9.60. The average Bonchev–Trinajstić information content (AvgIpc) is 2.85. The second-order valence-corrected chi connectivity index (χ2v) is 6.94. The van der Waals surface area contributed by atoms with E-state index in [0.717, 1.165) is 25.5 Å². The van der Waals surface area contributed by atoms with Crippen LogP contribution in [0.1, 0.15) is 40.0 Å². The van der Waals surface area contributed by atoms with Gasteiger partial charge >= 0.3 is 6.09 Å². The van der Waals surface area contributed by atoms with Gasteiger partial charge < -0.3 is 25.6 Å². The smallest absolute Gasteiger partial charge is 0.407 e. The molecule has 1 rings (SSSR count). The van der Waals surface area contributed by atoms with Crippen LogP contribution < -0.4 is 16.0 Å². The Morgan fingerprint density at radius 1 is 1.26 bits per heavy atom. The fourth-order valence-electron chi connectivity index (χ4n) is 2.47.